The lowest BCUT2D eigenvalue weighted by molar-refractivity contribution is 0.0191. The second-order valence-electron chi connectivity index (χ2n) is 7.37. The van der Waals surface area contributed by atoms with Crippen LogP contribution in [-0.4, -0.2) is 36.1 Å². The Kier molecular flexibility index (Phi) is 3.44. The van der Waals surface area contributed by atoms with Crippen molar-refractivity contribution in [3.8, 4) is 0 Å². The molecule has 0 aromatic rings. The summed E-state index contributed by atoms with van der Waals surface area (Å²) in [7, 11) is 0. The predicted molar refractivity (Wildman–Crippen MR) is 76.7 cm³/mol. The molecule has 0 spiro atoms. The van der Waals surface area contributed by atoms with Crippen molar-refractivity contribution in [1.82, 2.24) is 10.2 Å². The van der Waals surface area contributed by atoms with E-state index in [0.29, 0.717) is 5.54 Å². The molecule has 0 aromatic carbocycles. The van der Waals surface area contributed by atoms with Gasteiger partial charge in [-0.1, -0.05) is 20.3 Å². The molecule has 3 rings (SSSR count). The third-order valence-electron chi connectivity index (χ3n) is 5.74. The lowest BCUT2D eigenvalue weighted by Gasteiger charge is -2.50. The molecule has 18 heavy (non-hydrogen) atoms. The molecule has 2 nitrogen and oxygen atoms in total. The van der Waals surface area contributed by atoms with Gasteiger partial charge in [-0.05, 0) is 50.4 Å². The van der Waals surface area contributed by atoms with Gasteiger partial charge in [-0.15, -0.1) is 0 Å². The molecule has 1 N–H and O–H groups in total. The number of nitrogens with one attached hydrogen (secondary N) is 1. The maximum atomic E-state index is 3.87. The largest absolute Gasteiger partial charge is 0.311 e. The lowest BCUT2D eigenvalue weighted by atomic mass is 9.87. The van der Waals surface area contributed by atoms with E-state index in [-0.39, 0.29) is 0 Å². The molecule has 2 aliphatic carbocycles. The second-order valence-corrected chi connectivity index (χ2v) is 7.37. The molecule has 3 fully saturated rings. The normalized spacial score (nSPS) is 39.8. The van der Waals surface area contributed by atoms with Gasteiger partial charge in [0.1, 0.15) is 0 Å². The fourth-order valence-electron chi connectivity index (χ4n) is 3.67. The highest BCUT2D eigenvalue weighted by atomic mass is 15.3. The SMILES string of the molecule is CCC(C)CN1CC(C2CC2)NCC1(C)C1CC1. The Balaban J connectivity index is 1.68. The van der Waals surface area contributed by atoms with E-state index in [0.717, 1.165) is 23.8 Å². The van der Waals surface area contributed by atoms with Crippen LogP contribution in [0.3, 0.4) is 0 Å². The monoisotopic (exact) mass is 250 g/mol. The van der Waals surface area contributed by atoms with Crippen molar-refractivity contribution in [2.24, 2.45) is 17.8 Å². The molecule has 0 aromatic heterocycles. The van der Waals surface area contributed by atoms with Crippen molar-refractivity contribution in [2.75, 3.05) is 19.6 Å². The first-order valence-corrected chi connectivity index (χ1v) is 8.12. The van der Waals surface area contributed by atoms with E-state index in [4.69, 9.17) is 0 Å². The fourth-order valence-corrected chi connectivity index (χ4v) is 3.67. The Morgan fingerprint density at radius 2 is 2.00 bits per heavy atom. The molecule has 0 amide bonds. The highest BCUT2D eigenvalue weighted by molar-refractivity contribution is 5.07. The summed E-state index contributed by atoms with van der Waals surface area (Å²) in [5.41, 5.74) is 0.453. The van der Waals surface area contributed by atoms with Crippen LogP contribution < -0.4 is 5.32 Å². The van der Waals surface area contributed by atoms with Crippen LogP contribution in [0.4, 0.5) is 0 Å². The maximum Gasteiger partial charge on any atom is 0.0334 e. The molecule has 0 radical (unpaired) electrons. The molecule has 104 valence electrons. The van der Waals surface area contributed by atoms with E-state index >= 15 is 0 Å². The van der Waals surface area contributed by atoms with Gasteiger partial charge in [0.05, 0.1) is 0 Å². The van der Waals surface area contributed by atoms with E-state index in [2.05, 4.69) is 31.0 Å². The average molecular weight is 250 g/mol. The van der Waals surface area contributed by atoms with Crippen LogP contribution in [0.15, 0.2) is 0 Å². The van der Waals surface area contributed by atoms with E-state index in [1.54, 1.807) is 0 Å². The summed E-state index contributed by atoms with van der Waals surface area (Å²) >= 11 is 0. The van der Waals surface area contributed by atoms with Crippen molar-refractivity contribution in [3.05, 3.63) is 0 Å². The molecule has 3 atom stereocenters. The summed E-state index contributed by atoms with van der Waals surface area (Å²) in [5, 5.41) is 3.87. The molecule has 2 heteroatoms. The smallest absolute Gasteiger partial charge is 0.0334 e. The summed E-state index contributed by atoms with van der Waals surface area (Å²) in [4.78, 5) is 2.86. The Hall–Kier alpha value is -0.0800. The van der Waals surface area contributed by atoms with E-state index in [1.807, 2.05) is 0 Å². The minimum Gasteiger partial charge on any atom is -0.311 e. The molecule has 2 saturated carbocycles. The summed E-state index contributed by atoms with van der Waals surface area (Å²) in [6.45, 7) is 11.1. The zero-order valence-corrected chi connectivity index (χ0v) is 12.4. The quantitative estimate of drug-likeness (QED) is 0.807. The zero-order valence-electron chi connectivity index (χ0n) is 12.4. The van der Waals surface area contributed by atoms with Crippen LogP contribution in [0.1, 0.15) is 52.9 Å². The first kappa shape index (κ1) is 12.9. The Bertz CT molecular complexity index is 295. The number of rotatable bonds is 5. The fraction of sp³-hybridized carbons (Fsp3) is 1.00. The molecular weight excluding hydrogens is 220 g/mol. The highest BCUT2D eigenvalue weighted by Gasteiger charge is 2.50. The summed E-state index contributed by atoms with van der Waals surface area (Å²) in [6, 6.07) is 0.792. The molecule has 1 aliphatic heterocycles. The van der Waals surface area contributed by atoms with Gasteiger partial charge in [-0.3, -0.25) is 4.90 Å². The van der Waals surface area contributed by atoms with Crippen molar-refractivity contribution in [2.45, 2.75) is 64.5 Å². The third kappa shape index (κ3) is 2.46. The van der Waals surface area contributed by atoms with Gasteiger partial charge in [0.25, 0.3) is 0 Å². The topological polar surface area (TPSA) is 15.3 Å². The van der Waals surface area contributed by atoms with Gasteiger partial charge in [-0.2, -0.15) is 0 Å². The van der Waals surface area contributed by atoms with Crippen LogP contribution in [0, 0.1) is 17.8 Å². The molecular formula is C16H30N2. The van der Waals surface area contributed by atoms with Gasteiger partial charge in [-0.25, -0.2) is 0 Å². The van der Waals surface area contributed by atoms with Crippen LogP contribution in [0.5, 0.6) is 0 Å². The van der Waals surface area contributed by atoms with Crippen molar-refractivity contribution >= 4 is 0 Å². The van der Waals surface area contributed by atoms with E-state index < -0.39 is 0 Å². The number of nitrogens with zero attached hydrogens (tertiary/aromatic N) is 1. The van der Waals surface area contributed by atoms with Crippen LogP contribution in [0.2, 0.25) is 0 Å². The number of hydrogen-bond acceptors (Lipinski definition) is 2. The lowest BCUT2D eigenvalue weighted by Crippen LogP contribution is -2.65. The number of piperazine rings is 1. The second kappa shape index (κ2) is 4.79. The first-order chi connectivity index (χ1) is 8.63. The van der Waals surface area contributed by atoms with Gasteiger partial charge < -0.3 is 5.32 Å². The molecule has 0 bridgehead atoms. The standard InChI is InChI=1S/C16H30N2/c1-4-12(2)9-18-10-15(13-5-6-13)17-11-16(18,3)14-7-8-14/h12-15,17H,4-11H2,1-3H3. The maximum absolute atomic E-state index is 3.87. The van der Waals surface area contributed by atoms with Crippen molar-refractivity contribution in [1.29, 1.82) is 0 Å². The summed E-state index contributed by atoms with van der Waals surface area (Å²) in [6.07, 6.45) is 7.18. The van der Waals surface area contributed by atoms with Crippen LogP contribution in [-0.2, 0) is 0 Å². The third-order valence-corrected chi connectivity index (χ3v) is 5.74. The highest BCUT2D eigenvalue weighted by Crippen LogP contribution is 2.46. The predicted octanol–water partition coefficient (Wildman–Crippen LogP) is 2.89. The minimum atomic E-state index is 0.453. The Morgan fingerprint density at radius 3 is 2.56 bits per heavy atom. The summed E-state index contributed by atoms with van der Waals surface area (Å²) < 4.78 is 0. The minimum absolute atomic E-state index is 0.453. The van der Waals surface area contributed by atoms with Crippen LogP contribution in [0.25, 0.3) is 0 Å². The average Bonchev–Trinajstić information content (AvgIpc) is 3.20. The van der Waals surface area contributed by atoms with Gasteiger partial charge in [0, 0.05) is 31.2 Å². The summed E-state index contributed by atoms with van der Waals surface area (Å²) in [5.74, 6) is 2.81. The van der Waals surface area contributed by atoms with Gasteiger partial charge in [0.2, 0.25) is 0 Å². The first-order valence-electron chi connectivity index (χ1n) is 8.12. The van der Waals surface area contributed by atoms with E-state index in [1.165, 1.54) is 51.7 Å². The Labute approximate surface area is 113 Å². The van der Waals surface area contributed by atoms with Crippen LogP contribution >= 0.6 is 0 Å². The van der Waals surface area contributed by atoms with Crippen molar-refractivity contribution < 1.29 is 0 Å². The zero-order chi connectivity index (χ0) is 12.8. The molecule has 3 aliphatic rings. The molecule has 1 heterocycles. The number of hydrogen-bond donors (Lipinski definition) is 1. The Morgan fingerprint density at radius 1 is 1.28 bits per heavy atom. The molecule has 1 saturated heterocycles. The van der Waals surface area contributed by atoms with Gasteiger partial charge >= 0.3 is 0 Å². The molecule has 3 unspecified atom stereocenters. The van der Waals surface area contributed by atoms with Gasteiger partial charge in [0.15, 0.2) is 0 Å². The van der Waals surface area contributed by atoms with Crippen molar-refractivity contribution in [3.63, 3.8) is 0 Å². The van der Waals surface area contributed by atoms with E-state index in [9.17, 15) is 0 Å².